The number of quaternary nitrogens is 1. The van der Waals surface area contributed by atoms with Crippen LogP contribution in [0.5, 0.6) is 0 Å². The molecule has 3 rings (SSSR count). The van der Waals surface area contributed by atoms with Crippen molar-refractivity contribution in [1.29, 1.82) is 0 Å². The van der Waals surface area contributed by atoms with Gasteiger partial charge < -0.3 is 10.0 Å². The first-order chi connectivity index (χ1) is 12.6. The van der Waals surface area contributed by atoms with Gasteiger partial charge in [0, 0.05) is 0 Å². The highest BCUT2D eigenvalue weighted by Crippen LogP contribution is 2.23. The van der Waals surface area contributed by atoms with Gasteiger partial charge in [-0.25, -0.2) is 8.42 Å². The van der Waals surface area contributed by atoms with Gasteiger partial charge in [-0.1, -0.05) is 36.4 Å². The number of hydrogen-bond donors (Lipinski definition) is 2. The van der Waals surface area contributed by atoms with E-state index in [9.17, 15) is 13.5 Å². The minimum atomic E-state index is -3.73. The molecule has 1 aliphatic heterocycles. The van der Waals surface area contributed by atoms with Crippen LogP contribution in [0.25, 0.3) is 0 Å². The van der Waals surface area contributed by atoms with Crippen LogP contribution in [0, 0.1) is 0 Å². The Morgan fingerprint density at radius 2 is 1.50 bits per heavy atom. The largest absolute Gasteiger partial charge is 0.385 e. The van der Waals surface area contributed by atoms with Crippen molar-refractivity contribution in [3.8, 4) is 0 Å². The molecule has 1 aliphatic rings. The first-order valence-electron chi connectivity index (χ1n) is 9.22. The number of nitrogens with zero attached hydrogens (tertiary/aromatic N) is 1. The zero-order valence-corrected chi connectivity index (χ0v) is 15.7. The summed E-state index contributed by atoms with van der Waals surface area (Å²) in [6.07, 6.45) is 2.89. The van der Waals surface area contributed by atoms with Crippen LogP contribution >= 0.6 is 0 Å². The molecule has 0 saturated carbocycles. The number of hydrogen-bond acceptors (Lipinski definition) is 3. The first kappa shape index (κ1) is 18.9. The quantitative estimate of drug-likeness (QED) is 0.767. The second-order valence-corrected chi connectivity index (χ2v) is 8.72. The predicted octanol–water partition coefficient (Wildman–Crippen LogP) is 1.31. The third kappa shape index (κ3) is 4.63. The summed E-state index contributed by atoms with van der Waals surface area (Å²) in [4.78, 5) is 1.59. The molecular weight excluding hydrogens is 348 g/mol. The molecule has 0 aliphatic carbocycles. The molecule has 1 atom stereocenters. The molecule has 26 heavy (non-hydrogen) atoms. The molecule has 0 unspecified atom stereocenters. The predicted molar refractivity (Wildman–Crippen MR) is 103 cm³/mol. The summed E-state index contributed by atoms with van der Waals surface area (Å²) in [5, 5.41) is 10.6. The van der Waals surface area contributed by atoms with Crippen LogP contribution in [-0.2, 0) is 10.0 Å². The number of sulfonamides is 1. The Morgan fingerprint density at radius 1 is 0.923 bits per heavy atom. The van der Waals surface area contributed by atoms with Crippen LogP contribution in [-0.4, -0.2) is 45.8 Å². The summed E-state index contributed by atoms with van der Waals surface area (Å²) in [7, 11) is -3.73. The van der Waals surface area contributed by atoms with E-state index < -0.39 is 16.1 Å². The third-order valence-corrected chi connectivity index (χ3v) is 6.64. The third-order valence-electron chi connectivity index (χ3n) is 4.84. The maximum Gasteiger partial charge on any atom is 0.264 e. The van der Waals surface area contributed by atoms with E-state index in [1.54, 1.807) is 42.5 Å². The highest BCUT2D eigenvalue weighted by atomic mass is 32.2. The van der Waals surface area contributed by atoms with E-state index in [1.165, 1.54) is 28.5 Å². The van der Waals surface area contributed by atoms with E-state index in [-0.39, 0.29) is 11.4 Å². The molecule has 2 aromatic rings. The number of nitrogens with one attached hydrogen (secondary N) is 1. The minimum absolute atomic E-state index is 0.0603. The average molecular weight is 376 g/mol. The lowest BCUT2D eigenvalue weighted by Gasteiger charge is -2.30. The molecular formula is C20H27N2O3S+. The van der Waals surface area contributed by atoms with Crippen molar-refractivity contribution >= 4 is 15.7 Å². The highest BCUT2D eigenvalue weighted by molar-refractivity contribution is 7.92. The van der Waals surface area contributed by atoms with E-state index in [2.05, 4.69) is 0 Å². The van der Waals surface area contributed by atoms with Gasteiger partial charge in [0.2, 0.25) is 0 Å². The molecule has 1 saturated heterocycles. The maximum atomic E-state index is 13.2. The van der Waals surface area contributed by atoms with Gasteiger partial charge in [0.05, 0.1) is 30.2 Å². The second-order valence-electron chi connectivity index (χ2n) is 6.85. The monoisotopic (exact) mass is 375 g/mol. The SMILES string of the molecule is O=S(=O)(c1ccccc1)N(C[C@@H](O)C[NH+]1CCCCC1)c1ccccc1. The summed E-state index contributed by atoms with van der Waals surface area (Å²) in [6, 6.07) is 17.4. The summed E-state index contributed by atoms with van der Waals surface area (Å²) in [6.45, 7) is 2.74. The Morgan fingerprint density at radius 3 is 2.12 bits per heavy atom. The molecule has 1 fully saturated rings. The summed E-state index contributed by atoms with van der Waals surface area (Å²) >= 11 is 0. The van der Waals surface area contributed by atoms with Crippen LogP contribution in [0.4, 0.5) is 5.69 Å². The average Bonchev–Trinajstić information content (AvgIpc) is 2.68. The van der Waals surface area contributed by atoms with E-state index >= 15 is 0 Å². The topological polar surface area (TPSA) is 62.0 Å². The Bertz CT molecular complexity index is 775. The number of likely N-dealkylation sites (tertiary alicyclic amines) is 1. The highest BCUT2D eigenvalue weighted by Gasteiger charge is 2.28. The fraction of sp³-hybridized carbons (Fsp3) is 0.400. The van der Waals surface area contributed by atoms with Crippen LogP contribution < -0.4 is 9.21 Å². The Hall–Kier alpha value is -1.89. The van der Waals surface area contributed by atoms with E-state index in [0.29, 0.717) is 12.2 Å². The lowest BCUT2D eigenvalue weighted by atomic mass is 10.1. The zero-order chi connectivity index (χ0) is 18.4. The van der Waals surface area contributed by atoms with Gasteiger partial charge in [-0.05, 0) is 43.5 Å². The zero-order valence-electron chi connectivity index (χ0n) is 14.9. The van der Waals surface area contributed by atoms with Crippen LogP contribution in [0.15, 0.2) is 65.6 Å². The number of para-hydroxylation sites is 1. The van der Waals surface area contributed by atoms with Crippen LogP contribution in [0.2, 0.25) is 0 Å². The van der Waals surface area contributed by atoms with E-state index in [0.717, 1.165) is 13.1 Å². The number of aliphatic hydroxyl groups is 1. The van der Waals surface area contributed by atoms with Gasteiger partial charge in [-0.15, -0.1) is 0 Å². The fourth-order valence-corrected chi connectivity index (χ4v) is 5.02. The van der Waals surface area contributed by atoms with Gasteiger partial charge >= 0.3 is 0 Å². The van der Waals surface area contributed by atoms with Crippen LogP contribution in [0.3, 0.4) is 0 Å². The molecule has 2 aromatic carbocycles. The lowest BCUT2D eigenvalue weighted by molar-refractivity contribution is -0.907. The summed E-state index contributed by atoms with van der Waals surface area (Å²) in [5.41, 5.74) is 0.573. The molecule has 5 nitrogen and oxygen atoms in total. The summed E-state index contributed by atoms with van der Waals surface area (Å²) < 4.78 is 27.7. The standard InChI is InChI=1S/C20H26N2O3S/c23-19(16-21-14-8-3-9-15-21)17-22(18-10-4-1-5-11-18)26(24,25)20-12-6-2-7-13-20/h1-2,4-7,10-13,19,23H,3,8-9,14-17H2/p+1/t19-/m0/s1. The van der Waals surface area contributed by atoms with Gasteiger partial charge in [0.25, 0.3) is 10.0 Å². The van der Waals surface area contributed by atoms with Crippen molar-refractivity contribution in [2.75, 3.05) is 30.5 Å². The normalized spacial score (nSPS) is 17.0. The minimum Gasteiger partial charge on any atom is -0.385 e. The second kappa shape index (κ2) is 8.66. The molecule has 0 amide bonds. The molecule has 140 valence electrons. The molecule has 0 spiro atoms. The lowest BCUT2D eigenvalue weighted by Crippen LogP contribution is -3.14. The van der Waals surface area contributed by atoms with Crippen molar-refractivity contribution < 1.29 is 18.4 Å². The van der Waals surface area contributed by atoms with Crippen molar-refractivity contribution in [3.63, 3.8) is 0 Å². The molecule has 0 bridgehead atoms. The van der Waals surface area contributed by atoms with Crippen molar-refractivity contribution in [2.24, 2.45) is 0 Å². The molecule has 1 heterocycles. The van der Waals surface area contributed by atoms with Gasteiger partial charge in [0.1, 0.15) is 12.6 Å². The summed E-state index contributed by atoms with van der Waals surface area (Å²) in [5.74, 6) is 0. The Labute approximate surface area is 155 Å². The van der Waals surface area contributed by atoms with Crippen molar-refractivity contribution in [3.05, 3.63) is 60.7 Å². The van der Waals surface area contributed by atoms with Gasteiger partial charge in [0.15, 0.2) is 0 Å². The molecule has 0 aromatic heterocycles. The Kier molecular flexibility index (Phi) is 6.29. The van der Waals surface area contributed by atoms with Gasteiger partial charge in [-0.2, -0.15) is 0 Å². The van der Waals surface area contributed by atoms with Crippen molar-refractivity contribution in [2.45, 2.75) is 30.3 Å². The van der Waals surface area contributed by atoms with Crippen LogP contribution in [0.1, 0.15) is 19.3 Å². The smallest absolute Gasteiger partial charge is 0.264 e. The Balaban J connectivity index is 1.82. The number of aliphatic hydroxyl groups excluding tert-OH is 1. The molecule has 0 radical (unpaired) electrons. The first-order valence-corrected chi connectivity index (χ1v) is 10.7. The molecule has 2 N–H and O–H groups in total. The number of benzene rings is 2. The maximum absolute atomic E-state index is 13.2. The number of piperidine rings is 1. The van der Waals surface area contributed by atoms with E-state index in [1.807, 2.05) is 18.2 Å². The van der Waals surface area contributed by atoms with Crippen molar-refractivity contribution in [1.82, 2.24) is 0 Å². The number of anilines is 1. The van der Waals surface area contributed by atoms with E-state index in [4.69, 9.17) is 0 Å². The fourth-order valence-electron chi connectivity index (χ4n) is 3.50. The van der Waals surface area contributed by atoms with Gasteiger partial charge in [-0.3, -0.25) is 4.31 Å². The molecule has 6 heteroatoms. The number of rotatable bonds is 7.